The number of rotatable bonds is 9. The van der Waals surface area contributed by atoms with Gasteiger partial charge in [-0.05, 0) is 31.2 Å². The summed E-state index contributed by atoms with van der Waals surface area (Å²) in [6.45, 7) is 8.29. The van der Waals surface area contributed by atoms with Gasteiger partial charge >= 0.3 is 0 Å². The summed E-state index contributed by atoms with van der Waals surface area (Å²) in [6.07, 6.45) is 0.199. The number of morpholine rings is 1. The number of hydrogen-bond acceptors (Lipinski definition) is 7. The third kappa shape index (κ3) is 6.76. The molecule has 1 aliphatic heterocycles. The second-order valence-corrected chi connectivity index (χ2v) is 9.39. The lowest BCUT2D eigenvalue weighted by molar-refractivity contribution is -0.121. The fourth-order valence-corrected chi connectivity index (χ4v) is 4.85. The van der Waals surface area contributed by atoms with Crippen LogP contribution in [0.5, 0.6) is 0 Å². The van der Waals surface area contributed by atoms with E-state index in [0.717, 1.165) is 30.8 Å². The molecule has 1 unspecified atom stereocenters. The minimum Gasteiger partial charge on any atom is -0.385 e. The molecule has 1 atom stereocenters. The molecule has 10 nitrogen and oxygen atoms in total. The van der Waals surface area contributed by atoms with Crippen LogP contribution in [0.3, 0.4) is 0 Å². The van der Waals surface area contributed by atoms with Crippen molar-refractivity contribution in [2.75, 3.05) is 45.6 Å². The smallest absolute Gasteiger partial charge is 0.224 e. The monoisotopic (exact) mass is 556 g/mol. The maximum absolute atomic E-state index is 13.1. The summed E-state index contributed by atoms with van der Waals surface area (Å²) in [5, 5.41) is 5.99. The van der Waals surface area contributed by atoms with E-state index in [1.54, 1.807) is 16.7 Å². The molecule has 2 amide bonds. The third-order valence-electron chi connectivity index (χ3n) is 7.09. The second kappa shape index (κ2) is 13.5. The predicted octanol–water partition coefficient (Wildman–Crippen LogP) is 1.76. The van der Waals surface area contributed by atoms with Crippen LogP contribution in [-0.4, -0.2) is 72.2 Å². The minimum atomic E-state index is -0.284. The highest BCUT2D eigenvalue weighted by molar-refractivity contribution is 5.86. The van der Waals surface area contributed by atoms with Gasteiger partial charge in [0, 0.05) is 37.8 Å². The van der Waals surface area contributed by atoms with Crippen molar-refractivity contribution in [1.82, 2.24) is 25.1 Å². The summed E-state index contributed by atoms with van der Waals surface area (Å²) in [7, 11) is 1.52. The molecule has 0 aliphatic carbocycles. The van der Waals surface area contributed by atoms with Crippen LogP contribution < -0.4 is 21.8 Å². The Morgan fingerprint density at radius 2 is 1.82 bits per heavy atom. The minimum absolute atomic E-state index is 0. The van der Waals surface area contributed by atoms with E-state index in [0.29, 0.717) is 36.4 Å². The first kappa shape index (κ1) is 30.1. The SMILES string of the molecule is CCN1CCOCC1CNC(=O)Cc1ccc(-c2ccc3c(=O)c(CC(=O)NC)c(N)n(CC)c3n2)cc1.Cl. The van der Waals surface area contributed by atoms with Crippen LogP contribution in [-0.2, 0) is 33.7 Å². The molecule has 4 rings (SSSR count). The highest BCUT2D eigenvalue weighted by Crippen LogP contribution is 2.23. The molecule has 0 saturated carbocycles. The topological polar surface area (TPSA) is 132 Å². The van der Waals surface area contributed by atoms with Gasteiger partial charge in [0.2, 0.25) is 11.8 Å². The van der Waals surface area contributed by atoms with E-state index in [9.17, 15) is 14.4 Å². The average Bonchev–Trinajstić information content (AvgIpc) is 2.94. The molecule has 39 heavy (non-hydrogen) atoms. The number of hydrogen-bond donors (Lipinski definition) is 3. The van der Waals surface area contributed by atoms with Gasteiger partial charge in [0.1, 0.15) is 11.5 Å². The Balaban J connectivity index is 0.00000420. The number of nitrogen functional groups attached to an aromatic ring is 1. The maximum atomic E-state index is 13.1. The van der Waals surface area contributed by atoms with Crippen LogP contribution in [0.4, 0.5) is 5.82 Å². The molecule has 3 aromatic rings. The van der Waals surface area contributed by atoms with Crippen LogP contribution in [0.15, 0.2) is 41.2 Å². The van der Waals surface area contributed by atoms with Crippen LogP contribution in [0.2, 0.25) is 0 Å². The number of carbonyl (C=O) groups is 2. The summed E-state index contributed by atoms with van der Waals surface area (Å²) in [4.78, 5) is 44.6. The number of benzene rings is 1. The van der Waals surface area contributed by atoms with Crippen molar-refractivity contribution < 1.29 is 14.3 Å². The summed E-state index contributed by atoms with van der Waals surface area (Å²) in [5.41, 5.74) is 9.21. The van der Waals surface area contributed by atoms with Gasteiger partial charge in [-0.2, -0.15) is 0 Å². The number of anilines is 1. The van der Waals surface area contributed by atoms with Crippen molar-refractivity contribution in [3.05, 3.63) is 57.7 Å². The number of amides is 2. The van der Waals surface area contributed by atoms with E-state index in [4.69, 9.17) is 15.5 Å². The fourth-order valence-electron chi connectivity index (χ4n) is 4.85. The molecule has 1 fully saturated rings. The lowest BCUT2D eigenvalue weighted by atomic mass is 10.0. The number of halogens is 1. The van der Waals surface area contributed by atoms with E-state index in [1.807, 2.05) is 31.2 Å². The molecule has 0 bridgehead atoms. The zero-order chi connectivity index (χ0) is 27.2. The molecular weight excluding hydrogens is 520 g/mol. The van der Waals surface area contributed by atoms with E-state index in [-0.39, 0.29) is 59.9 Å². The first-order valence-corrected chi connectivity index (χ1v) is 13.1. The van der Waals surface area contributed by atoms with Gasteiger partial charge in [0.15, 0.2) is 5.43 Å². The Labute approximate surface area is 234 Å². The van der Waals surface area contributed by atoms with Crippen molar-refractivity contribution >= 4 is 41.1 Å². The Hall–Kier alpha value is -3.47. The van der Waals surface area contributed by atoms with E-state index in [2.05, 4.69) is 22.5 Å². The van der Waals surface area contributed by atoms with Gasteiger partial charge in [-0.3, -0.25) is 19.3 Å². The van der Waals surface area contributed by atoms with Gasteiger partial charge < -0.3 is 25.7 Å². The number of likely N-dealkylation sites (N-methyl/N-ethyl adjacent to an activating group) is 2. The molecule has 0 spiro atoms. The van der Waals surface area contributed by atoms with Crippen LogP contribution >= 0.6 is 12.4 Å². The van der Waals surface area contributed by atoms with Gasteiger partial charge in [0.05, 0.1) is 43.2 Å². The maximum Gasteiger partial charge on any atom is 0.224 e. The number of carbonyl (C=O) groups excluding carboxylic acids is 2. The van der Waals surface area contributed by atoms with Gasteiger partial charge in [-0.15, -0.1) is 12.4 Å². The molecule has 4 N–H and O–H groups in total. The molecule has 1 saturated heterocycles. The Bertz CT molecular complexity index is 1380. The van der Waals surface area contributed by atoms with Crippen molar-refractivity contribution in [3.8, 4) is 11.3 Å². The summed E-state index contributed by atoms with van der Waals surface area (Å²) in [5.74, 6) is -0.0558. The Kier molecular flexibility index (Phi) is 10.4. The normalized spacial score (nSPS) is 15.5. The van der Waals surface area contributed by atoms with Crippen molar-refractivity contribution in [3.63, 3.8) is 0 Å². The van der Waals surface area contributed by atoms with Gasteiger partial charge in [0.25, 0.3) is 0 Å². The average molecular weight is 557 g/mol. The molecule has 2 aromatic heterocycles. The lowest BCUT2D eigenvalue weighted by Crippen LogP contribution is -2.51. The second-order valence-electron chi connectivity index (χ2n) is 9.39. The fraction of sp³-hybridized carbons (Fsp3) is 0.429. The van der Waals surface area contributed by atoms with Crippen molar-refractivity contribution in [1.29, 1.82) is 0 Å². The summed E-state index contributed by atoms with van der Waals surface area (Å²) < 4.78 is 7.32. The zero-order valence-corrected chi connectivity index (χ0v) is 23.5. The zero-order valence-electron chi connectivity index (χ0n) is 22.7. The number of nitrogens with zero attached hydrogens (tertiary/aromatic N) is 3. The largest absolute Gasteiger partial charge is 0.385 e. The van der Waals surface area contributed by atoms with Gasteiger partial charge in [-0.25, -0.2) is 4.98 Å². The lowest BCUT2D eigenvalue weighted by Gasteiger charge is -2.34. The highest BCUT2D eigenvalue weighted by Gasteiger charge is 2.22. The van der Waals surface area contributed by atoms with Crippen LogP contribution in [0, 0.1) is 0 Å². The molecule has 3 heterocycles. The van der Waals surface area contributed by atoms with Crippen molar-refractivity contribution in [2.45, 2.75) is 39.3 Å². The molecule has 0 radical (unpaired) electrons. The third-order valence-corrected chi connectivity index (χ3v) is 7.09. The predicted molar refractivity (Wildman–Crippen MR) is 155 cm³/mol. The summed E-state index contributed by atoms with van der Waals surface area (Å²) in [6, 6.07) is 11.4. The highest BCUT2D eigenvalue weighted by atomic mass is 35.5. The molecular formula is C28H37ClN6O4. The molecule has 1 aromatic carbocycles. The molecule has 210 valence electrons. The first-order chi connectivity index (χ1) is 18.4. The van der Waals surface area contributed by atoms with E-state index < -0.39 is 0 Å². The number of pyridine rings is 2. The Morgan fingerprint density at radius 3 is 2.49 bits per heavy atom. The molecule has 1 aliphatic rings. The van der Waals surface area contributed by atoms with Gasteiger partial charge in [-0.1, -0.05) is 31.2 Å². The van der Waals surface area contributed by atoms with E-state index in [1.165, 1.54) is 7.05 Å². The first-order valence-electron chi connectivity index (χ1n) is 13.1. The Morgan fingerprint density at radius 1 is 1.08 bits per heavy atom. The standard InChI is InChI=1S/C28H36N6O4.ClH/c1-4-33-12-13-38-17-20(33)16-31-25(36)14-18-6-8-19(9-7-18)23-11-10-21-26(37)22(15-24(35)30-3)27(29)34(5-2)28(21)32-23;/h6-11,20H,4-5,12-17,29H2,1-3H3,(H,30,35)(H,31,36);1H. The van der Waals surface area contributed by atoms with Crippen molar-refractivity contribution in [2.24, 2.45) is 0 Å². The number of nitrogens with two attached hydrogens (primary N) is 1. The molecule has 11 heteroatoms. The number of fused-ring (bicyclic) bond motifs is 1. The quantitative estimate of drug-likeness (QED) is 0.366. The number of aromatic nitrogens is 2. The number of nitrogens with one attached hydrogen (secondary N) is 2. The van der Waals surface area contributed by atoms with Crippen LogP contribution in [0.1, 0.15) is 25.0 Å². The van der Waals surface area contributed by atoms with Crippen LogP contribution in [0.25, 0.3) is 22.3 Å². The number of aryl methyl sites for hydroxylation is 1. The number of ether oxygens (including phenoxy) is 1. The van der Waals surface area contributed by atoms with E-state index >= 15 is 0 Å². The summed E-state index contributed by atoms with van der Waals surface area (Å²) >= 11 is 0.